The van der Waals surface area contributed by atoms with Crippen molar-refractivity contribution >= 4 is 11.8 Å². The number of unbranched alkanes of at least 4 members (excludes halogenated alkanes) is 2. The van der Waals surface area contributed by atoms with Crippen LogP contribution in [0.4, 0.5) is 0 Å². The van der Waals surface area contributed by atoms with Gasteiger partial charge in [0.15, 0.2) is 0 Å². The summed E-state index contributed by atoms with van der Waals surface area (Å²) in [6.07, 6.45) is 5.23. The summed E-state index contributed by atoms with van der Waals surface area (Å²) in [4.78, 5) is 0. The fraction of sp³-hybridized carbons (Fsp3) is 0.667. The molecule has 0 radical (unpaired) electrons. The van der Waals surface area contributed by atoms with Crippen molar-refractivity contribution in [3.63, 3.8) is 0 Å². The average molecular weight is 294 g/mol. The summed E-state index contributed by atoms with van der Waals surface area (Å²) in [7, 11) is 0. The summed E-state index contributed by atoms with van der Waals surface area (Å²) in [5, 5.41) is 3.72. The van der Waals surface area contributed by atoms with Crippen LogP contribution < -0.4 is 5.32 Å². The van der Waals surface area contributed by atoms with Gasteiger partial charge in [0, 0.05) is 11.8 Å². The lowest BCUT2D eigenvalue weighted by molar-refractivity contribution is 0.575. The van der Waals surface area contributed by atoms with Crippen molar-refractivity contribution in [3.05, 3.63) is 34.9 Å². The molecule has 0 spiro atoms. The standard InChI is InChI=1S/C18H31NS/c1-5-7-8-12-20-14-18(19-11-6-2)17-10-9-15(3)13-16(17)4/h9-10,13,18-19H,5-8,11-12,14H2,1-4H3. The molecule has 1 atom stereocenters. The molecule has 1 nitrogen and oxygen atoms in total. The Hall–Kier alpha value is -0.470. The largest absolute Gasteiger partial charge is 0.309 e. The average Bonchev–Trinajstić information content (AvgIpc) is 2.43. The van der Waals surface area contributed by atoms with Crippen molar-refractivity contribution in [1.82, 2.24) is 5.32 Å². The van der Waals surface area contributed by atoms with Gasteiger partial charge in [0.25, 0.3) is 0 Å². The molecule has 0 aromatic heterocycles. The van der Waals surface area contributed by atoms with Crippen LogP contribution in [0.5, 0.6) is 0 Å². The monoisotopic (exact) mass is 293 g/mol. The second-order valence-corrected chi connectivity index (χ2v) is 6.80. The van der Waals surface area contributed by atoms with Crippen molar-refractivity contribution in [1.29, 1.82) is 0 Å². The SMILES string of the molecule is CCCCCSCC(NCCC)c1ccc(C)cc1C. The van der Waals surface area contributed by atoms with E-state index in [2.05, 4.69) is 63.0 Å². The van der Waals surface area contributed by atoms with E-state index in [1.807, 2.05) is 0 Å². The molecular weight excluding hydrogens is 262 g/mol. The van der Waals surface area contributed by atoms with Gasteiger partial charge in [0.05, 0.1) is 0 Å². The number of aryl methyl sites for hydroxylation is 2. The van der Waals surface area contributed by atoms with E-state index in [1.165, 1.54) is 53.9 Å². The number of benzene rings is 1. The lowest BCUT2D eigenvalue weighted by Gasteiger charge is -2.21. The molecule has 0 aliphatic rings. The minimum atomic E-state index is 0.502. The number of hydrogen-bond donors (Lipinski definition) is 1. The lowest BCUT2D eigenvalue weighted by atomic mass is 10.00. The van der Waals surface area contributed by atoms with E-state index in [-0.39, 0.29) is 0 Å². The third-order valence-electron chi connectivity index (χ3n) is 3.62. The van der Waals surface area contributed by atoms with Crippen molar-refractivity contribution in [2.24, 2.45) is 0 Å². The first-order chi connectivity index (χ1) is 9.69. The lowest BCUT2D eigenvalue weighted by Crippen LogP contribution is -2.25. The fourth-order valence-electron chi connectivity index (χ4n) is 2.45. The highest BCUT2D eigenvalue weighted by Crippen LogP contribution is 2.23. The van der Waals surface area contributed by atoms with Crippen molar-refractivity contribution < 1.29 is 0 Å². The molecule has 114 valence electrons. The summed E-state index contributed by atoms with van der Waals surface area (Å²) < 4.78 is 0. The van der Waals surface area contributed by atoms with Gasteiger partial charge in [-0.05, 0) is 50.1 Å². The van der Waals surface area contributed by atoms with E-state index in [9.17, 15) is 0 Å². The molecule has 1 N–H and O–H groups in total. The molecule has 0 aliphatic carbocycles. The van der Waals surface area contributed by atoms with Crippen LogP contribution in [0.2, 0.25) is 0 Å². The molecule has 1 unspecified atom stereocenters. The Labute approximate surface area is 129 Å². The summed E-state index contributed by atoms with van der Waals surface area (Å²) in [6.45, 7) is 10.0. The highest BCUT2D eigenvalue weighted by Gasteiger charge is 2.13. The number of hydrogen-bond acceptors (Lipinski definition) is 2. The van der Waals surface area contributed by atoms with Crippen LogP contribution in [0.15, 0.2) is 18.2 Å². The Morgan fingerprint density at radius 1 is 1.10 bits per heavy atom. The van der Waals surface area contributed by atoms with Crippen molar-refractivity contribution in [3.8, 4) is 0 Å². The minimum absolute atomic E-state index is 0.502. The second-order valence-electron chi connectivity index (χ2n) is 5.65. The molecule has 0 heterocycles. The summed E-state index contributed by atoms with van der Waals surface area (Å²) in [6, 6.07) is 7.36. The van der Waals surface area contributed by atoms with Gasteiger partial charge >= 0.3 is 0 Å². The molecular formula is C18H31NS. The molecule has 0 fully saturated rings. The van der Waals surface area contributed by atoms with Gasteiger partial charge in [-0.1, -0.05) is 50.5 Å². The van der Waals surface area contributed by atoms with Gasteiger partial charge in [0.1, 0.15) is 0 Å². The smallest absolute Gasteiger partial charge is 0.0414 e. The zero-order chi connectivity index (χ0) is 14.8. The van der Waals surface area contributed by atoms with E-state index < -0.39 is 0 Å². The van der Waals surface area contributed by atoms with E-state index >= 15 is 0 Å². The van der Waals surface area contributed by atoms with Gasteiger partial charge in [0.2, 0.25) is 0 Å². The summed E-state index contributed by atoms with van der Waals surface area (Å²) >= 11 is 2.10. The Bertz CT molecular complexity index is 376. The minimum Gasteiger partial charge on any atom is -0.309 e. The Morgan fingerprint density at radius 2 is 1.90 bits per heavy atom. The maximum absolute atomic E-state index is 3.72. The van der Waals surface area contributed by atoms with Gasteiger partial charge in [-0.2, -0.15) is 11.8 Å². The Kier molecular flexibility index (Phi) is 9.04. The van der Waals surface area contributed by atoms with Crippen molar-refractivity contribution in [2.45, 2.75) is 59.4 Å². The predicted octanol–water partition coefficient (Wildman–Crippen LogP) is 5.27. The molecule has 20 heavy (non-hydrogen) atoms. The first-order valence-corrected chi connectivity index (χ1v) is 9.22. The molecule has 0 saturated heterocycles. The number of thioether (sulfide) groups is 1. The quantitative estimate of drug-likeness (QED) is 0.590. The zero-order valence-electron chi connectivity index (χ0n) is 13.7. The second kappa shape index (κ2) is 10.3. The van der Waals surface area contributed by atoms with E-state index in [0.717, 1.165) is 6.54 Å². The predicted molar refractivity (Wildman–Crippen MR) is 93.8 cm³/mol. The maximum atomic E-state index is 3.72. The summed E-state index contributed by atoms with van der Waals surface area (Å²) in [5.41, 5.74) is 4.26. The van der Waals surface area contributed by atoms with Gasteiger partial charge in [-0.25, -0.2) is 0 Å². The Balaban J connectivity index is 2.58. The van der Waals surface area contributed by atoms with E-state index in [0.29, 0.717) is 6.04 Å². The first-order valence-electron chi connectivity index (χ1n) is 8.07. The fourth-order valence-corrected chi connectivity index (χ4v) is 3.56. The van der Waals surface area contributed by atoms with Gasteiger partial charge < -0.3 is 5.32 Å². The van der Waals surface area contributed by atoms with Crippen LogP contribution in [-0.4, -0.2) is 18.1 Å². The van der Waals surface area contributed by atoms with Crippen molar-refractivity contribution in [2.75, 3.05) is 18.1 Å². The molecule has 1 aromatic carbocycles. The molecule has 1 aromatic rings. The molecule has 2 heteroatoms. The molecule has 1 rings (SSSR count). The van der Waals surface area contributed by atoms with Crippen LogP contribution >= 0.6 is 11.8 Å². The highest BCUT2D eigenvalue weighted by molar-refractivity contribution is 7.99. The zero-order valence-corrected chi connectivity index (χ0v) is 14.5. The number of rotatable bonds is 10. The van der Waals surface area contributed by atoms with Crippen LogP contribution in [0.25, 0.3) is 0 Å². The van der Waals surface area contributed by atoms with E-state index in [1.54, 1.807) is 0 Å². The van der Waals surface area contributed by atoms with Crippen LogP contribution in [0.1, 0.15) is 62.3 Å². The van der Waals surface area contributed by atoms with E-state index in [4.69, 9.17) is 0 Å². The molecule has 0 saturated carbocycles. The van der Waals surface area contributed by atoms with Crippen LogP contribution in [-0.2, 0) is 0 Å². The maximum Gasteiger partial charge on any atom is 0.0414 e. The molecule has 0 aliphatic heterocycles. The topological polar surface area (TPSA) is 12.0 Å². The Morgan fingerprint density at radius 3 is 2.55 bits per heavy atom. The van der Waals surface area contributed by atoms with Crippen LogP contribution in [0.3, 0.4) is 0 Å². The van der Waals surface area contributed by atoms with Gasteiger partial charge in [-0.15, -0.1) is 0 Å². The summed E-state index contributed by atoms with van der Waals surface area (Å²) in [5.74, 6) is 2.48. The third-order valence-corrected chi connectivity index (χ3v) is 4.76. The third kappa shape index (κ3) is 6.32. The number of nitrogens with one attached hydrogen (secondary N) is 1. The van der Waals surface area contributed by atoms with Crippen LogP contribution in [0, 0.1) is 13.8 Å². The molecule has 0 bridgehead atoms. The normalized spacial score (nSPS) is 12.6. The highest BCUT2D eigenvalue weighted by atomic mass is 32.2. The first kappa shape index (κ1) is 17.6. The van der Waals surface area contributed by atoms with Gasteiger partial charge in [-0.3, -0.25) is 0 Å². The molecule has 0 amide bonds.